The number of anilines is 1. The van der Waals surface area contributed by atoms with Gasteiger partial charge in [0.25, 0.3) is 0 Å². The molecule has 1 aliphatic rings. The number of rotatable bonds is 7. The second-order valence-corrected chi connectivity index (χ2v) is 7.84. The molecule has 0 atom stereocenters. The van der Waals surface area contributed by atoms with Crippen molar-refractivity contribution in [3.8, 4) is 17.2 Å². The molecule has 13 heteroatoms. The average molecular weight is 448 g/mol. The van der Waals surface area contributed by atoms with E-state index in [1.807, 2.05) is 0 Å². The van der Waals surface area contributed by atoms with Crippen LogP contribution in [-0.2, 0) is 9.53 Å². The highest BCUT2D eigenvalue weighted by molar-refractivity contribution is 7.99. The minimum absolute atomic E-state index is 0.0539. The lowest BCUT2D eigenvalue weighted by atomic mass is 10.3. The molecule has 4 rings (SSSR count). The summed E-state index contributed by atoms with van der Waals surface area (Å²) in [5.74, 6) is 0.558. The Bertz CT molecular complexity index is 1100. The van der Waals surface area contributed by atoms with Crippen molar-refractivity contribution < 1.29 is 23.8 Å². The molecule has 0 radical (unpaired) electrons. The minimum atomic E-state index is -0.453. The first-order valence-electron chi connectivity index (χ1n) is 8.80. The van der Waals surface area contributed by atoms with Crippen molar-refractivity contribution >= 4 is 40.1 Å². The van der Waals surface area contributed by atoms with Crippen LogP contribution in [0.4, 0.5) is 5.13 Å². The van der Waals surface area contributed by atoms with E-state index in [4.69, 9.17) is 14.2 Å². The highest BCUT2D eigenvalue weighted by Gasteiger charge is 2.19. The lowest BCUT2D eigenvalue weighted by Crippen LogP contribution is -2.14. The molecule has 0 saturated heterocycles. The van der Waals surface area contributed by atoms with Crippen LogP contribution in [0.1, 0.15) is 22.3 Å². The van der Waals surface area contributed by atoms with Crippen LogP contribution in [0.2, 0.25) is 0 Å². The number of benzene rings is 1. The number of fused-ring (bicyclic) bond motifs is 1. The van der Waals surface area contributed by atoms with Crippen molar-refractivity contribution in [3.05, 3.63) is 28.8 Å². The van der Waals surface area contributed by atoms with Gasteiger partial charge in [0, 0.05) is 6.07 Å². The minimum Gasteiger partial charge on any atom is -0.462 e. The predicted molar refractivity (Wildman–Crippen MR) is 107 cm³/mol. The monoisotopic (exact) mass is 448 g/mol. The van der Waals surface area contributed by atoms with Crippen molar-refractivity contribution in [1.82, 2.24) is 25.2 Å². The third-order valence-corrected chi connectivity index (χ3v) is 5.85. The largest absolute Gasteiger partial charge is 0.462 e. The van der Waals surface area contributed by atoms with Gasteiger partial charge in [0.05, 0.1) is 23.7 Å². The van der Waals surface area contributed by atoms with Crippen LogP contribution in [0, 0.1) is 6.92 Å². The molecular formula is C17H16N6O5S2. The van der Waals surface area contributed by atoms with Crippen LogP contribution in [-0.4, -0.2) is 56.2 Å². The number of hydrogen-bond acceptors (Lipinski definition) is 11. The summed E-state index contributed by atoms with van der Waals surface area (Å²) in [4.78, 5) is 28.8. The number of carbonyl (C=O) groups is 2. The first kappa shape index (κ1) is 20.1. The van der Waals surface area contributed by atoms with Gasteiger partial charge in [-0.1, -0.05) is 23.1 Å². The summed E-state index contributed by atoms with van der Waals surface area (Å²) in [6.45, 7) is 3.86. The van der Waals surface area contributed by atoms with Gasteiger partial charge in [-0.25, -0.2) is 9.78 Å². The van der Waals surface area contributed by atoms with E-state index in [9.17, 15) is 9.59 Å². The van der Waals surface area contributed by atoms with Gasteiger partial charge < -0.3 is 19.5 Å². The maximum absolute atomic E-state index is 12.3. The van der Waals surface area contributed by atoms with Crippen molar-refractivity contribution in [2.75, 3.05) is 24.5 Å². The van der Waals surface area contributed by atoms with Crippen LogP contribution < -0.4 is 14.8 Å². The molecule has 3 heterocycles. The Morgan fingerprint density at radius 3 is 3.00 bits per heavy atom. The number of esters is 1. The first-order valence-corrected chi connectivity index (χ1v) is 10.6. The molecule has 3 aromatic rings. The highest BCUT2D eigenvalue weighted by atomic mass is 32.2. The Hall–Kier alpha value is -3.19. The third kappa shape index (κ3) is 4.21. The molecule has 1 aromatic carbocycles. The van der Waals surface area contributed by atoms with Gasteiger partial charge in [0.15, 0.2) is 16.6 Å². The van der Waals surface area contributed by atoms with Crippen LogP contribution in [0.25, 0.3) is 5.69 Å². The Labute approximate surface area is 178 Å². The Morgan fingerprint density at radius 1 is 1.33 bits per heavy atom. The fraction of sp³-hybridized carbons (Fsp3) is 0.294. The molecule has 1 N–H and O–H groups in total. The van der Waals surface area contributed by atoms with Gasteiger partial charge in [0.1, 0.15) is 4.88 Å². The quantitative estimate of drug-likeness (QED) is 0.423. The van der Waals surface area contributed by atoms with Gasteiger partial charge in [-0.15, -0.1) is 5.10 Å². The lowest BCUT2D eigenvalue weighted by Gasteiger charge is -2.05. The molecule has 0 aliphatic carbocycles. The second-order valence-electron chi connectivity index (χ2n) is 5.90. The second kappa shape index (κ2) is 8.67. The molecule has 0 fully saturated rings. The van der Waals surface area contributed by atoms with E-state index in [-0.39, 0.29) is 25.1 Å². The van der Waals surface area contributed by atoms with Crippen molar-refractivity contribution in [1.29, 1.82) is 0 Å². The molecular weight excluding hydrogens is 432 g/mol. The van der Waals surface area contributed by atoms with Crippen molar-refractivity contribution in [2.24, 2.45) is 0 Å². The number of carbonyl (C=O) groups excluding carboxylic acids is 2. The van der Waals surface area contributed by atoms with Crippen LogP contribution in [0.15, 0.2) is 23.4 Å². The molecule has 2 aromatic heterocycles. The van der Waals surface area contributed by atoms with E-state index in [1.54, 1.807) is 32.0 Å². The van der Waals surface area contributed by atoms with Crippen molar-refractivity contribution in [3.63, 3.8) is 0 Å². The molecule has 11 nitrogen and oxygen atoms in total. The van der Waals surface area contributed by atoms with Crippen LogP contribution in [0.5, 0.6) is 11.5 Å². The average Bonchev–Trinajstić information content (AvgIpc) is 3.45. The van der Waals surface area contributed by atoms with Gasteiger partial charge in [-0.2, -0.15) is 4.68 Å². The molecule has 1 amide bonds. The standard InChI is InChI=1S/C17H16N6O5S2/c1-3-26-15(25)14-9(2)18-16(30-14)19-13(24)7-29-17-20-21-22-23(17)10-4-5-11-12(6-10)28-8-27-11/h4-6H,3,7-8H2,1-2H3,(H,18,19,24). The number of tetrazole rings is 1. The number of aryl methyl sites for hydroxylation is 1. The van der Waals surface area contributed by atoms with Gasteiger partial charge in [-0.05, 0) is 36.4 Å². The smallest absolute Gasteiger partial charge is 0.350 e. The number of amides is 1. The van der Waals surface area contributed by atoms with Gasteiger partial charge >= 0.3 is 5.97 Å². The van der Waals surface area contributed by atoms with E-state index >= 15 is 0 Å². The zero-order valence-electron chi connectivity index (χ0n) is 15.9. The summed E-state index contributed by atoms with van der Waals surface area (Å²) in [7, 11) is 0. The fourth-order valence-corrected chi connectivity index (χ4v) is 4.14. The van der Waals surface area contributed by atoms with E-state index in [2.05, 4.69) is 25.8 Å². The van der Waals surface area contributed by atoms with Gasteiger partial charge in [0.2, 0.25) is 17.9 Å². The molecule has 30 heavy (non-hydrogen) atoms. The molecule has 0 unspecified atom stereocenters. The summed E-state index contributed by atoms with van der Waals surface area (Å²) in [5, 5.41) is 15.1. The molecule has 156 valence electrons. The summed E-state index contributed by atoms with van der Waals surface area (Å²) in [5.41, 5.74) is 1.19. The normalized spacial score (nSPS) is 12.1. The summed E-state index contributed by atoms with van der Waals surface area (Å²) >= 11 is 2.24. The van der Waals surface area contributed by atoms with E-state index < -0.39 is 5.97 Å². The number of nitrogens with one attached hydrogen (secondary N) is 1. The SMILES string of the molecule is CCOC(=O)c1sc(NC(=O)CSc2nnnn2-c2ccc3c(c2)OCO3)nc1C. The maximum atomic E-state index is 12.3. The summed E-state index contributed by atoms with van der Waals surface area (Å²) in [6.07, 6.45) is 0. The zero-order chi connectivity index (χ0) is 21.1. The topological polar surface area (TPSA) is 130 Å². The van der Waals surface area contributed by atoms with Gasteiger partial charge in [-0.3, -0.25) is 4.79 Å². The van der Waals surface area contributed by atoms with E-state index in [1.165, 1.54) is 4.68 Å². The molecule has 0 saturated carbocycles. The Morgan fingerprint density at radius 2 is 2.17 bits per heavy atom. The van der Waals surface area contributed by atoms with Crippen LogP contribution >= 0.6 is 23.1 Å². The van der Waals surface area contributed by atoms with E-state index in [0.717, 1.165) is 23.1 Å². The van der Waals surface area contributed by atoms with E-state index in [0.29, 0.717) is 38.0 Å². The molecule has 0 bridgehead atoms. The summed E-state index contributed by atoms with van der Waals surface area (Å²) < 4.78 is 17.2. The predicted octanol–water partition coefficient (Wildman–Crippen LogP) is 2.06. The van der Waals surface area contributed by atoms with Crippen LogP contribution in [0.3, 0.4) is 0 Å². The maximum Gasteiger partial charge on any atom is 0.350 e. The number of nitrogens with zero attached hydrogens (tertiary/aromatic N) is 5. The zero-order valence-corrected chi connectivity index (χ0v) is 17.6. The third-order valence-electron chi connectivity index (χ3n) is 3.88. The number of ether oxygens (including phenoxy) is 3. The number of thioether (sulfide) groups is 1. The molecule has 0 spiro atoms. The highest BCUT2D eigenvalue weighted by Crippen LogP contribution is 2.34. The Kier molecular flexibility index (Phi) is 5.81. The fourth-order valence-electron chi connectivity index (χ4n) is 2.57. The molecule has 1 aliphatic heterocycles. The van der Waals surface area contributed by atoms with Crippen molar-refractivity contribution in [2.45, 2.75) is 19.0 Å². The Balaban J connectivity index is 1.39. The lowest BCUT2D eigenvalue weighted by molar-refractivity contribution is -0.113. The first-order chi connectivity index (χ1) is 14.5. The number of hydrogen-bond donors (Lipinski definition) is 1. The summed E-state index contributed by atoms with van der Waals surface area (Å²) in [6, 6.07) is 5.33. The number of aromatic nitrogens is 5. The number of thiazole rings is 1.